The third-order valence-corrected chi connectivity index (χ3v) is 9.70. The van der Waals surface area contributed by atoms with E-state index >= 15 is 4.48 Å². The summed E-state index contributed by atoms with van der Waals surface area (Å²) in [5.41, 5.74) is 2.28. The molecule has 1 unspecified atom stereocenters. The zero-order valence-corrected chi connectivity index (χ0v) is 24.6. The van der Waals surface area contributed by atoms with E-state index < -0.39 is 49.2 Å². The lowest BCUT2D eigenvalue weighted by Gasteiger charge is -2.24. The van der Waals surface area contributed by atoms with Gasteiger partial charge in [0.05, 0.1) is 29.2 Å². The Bertz CT molecular complexity index is 1640. The fraction of sp³-hybridized carbons (Fsp3) is 0.276. The largest absolute Gasteiger partial charge is 0.496 e. The molecule has 0 heterocycles. The Morgan fingerprint density at radius 1 is 1.10 bits per heavy atom. The third kappa shape index (κ3) is 6.19. The second-order valence-electron chi connectivity index (χ2n) is 9.91. The maximum Gasteiger partial charge on any atom is 0.359 e. The van der Waals surface area contributed by atoms with E-state index in [1.807, 2.05) is 6.92 Å². The van der Waals surface area contributed by atoms with Crippen LogP contribution in [0.3, 0.4) is 0 Å². The maximum absolute atomic E-state index is 15.3. The monoisotopic (exact) mass is 620 g/mol. The highest BCUT2D eigenvalue weighted by molar-refractivity contribution is 7.96. The fourth-order valence-electron chi connectivity index (χ4n) is 5.00. The number of nitrogens with one attached hydrogen (secondary N) is 1. The van der Waals surface area contributed by atoms with Gasteiger partial charge in [-0.25, -0.2) is 8.42 Å². The molecule has 0 saturated heterocycles. The van der Waals surface area contributed by atoms with Gasteiger partial charge in [-0.15, -0.1) is 5.12 Å². The second-order valence-corrected chi connectivity index (χ2v) is 13.1. The van der Waals surface area contributed by atoms with Gasteiger partial charge in [0.15, 0.2) is 0 Å². The number of aldehydes is 1. The van der Waals surface area contributed by atoms with E-state index in [-0.39, 0.29) is 22.9 Å². The van der Waals surface area contributed by atoms with E-state index in [1.54, 1.807) is 36.4 Å². The van der Waals surface area contributed by atoms with Crippen molar-refractivity contribution in [1.29, 1.82) is 0 Å². The normalized spacial score (nSPS) is 17.0. The number of anilines is 1. The van der Waals surface area contributed by atoms with Crippen LogP contribution in [0.5, 0.6) is 5.75 Å². The molecule has 0 bridgehead atoms. The molecular formula is C29H28F3N2O6PS. The van der Waals surface area contributed by atoms with E-state index in [0.29, 0.717) is 41.9 Å². The number of alkyl halides is 2. The number of carbonyl (C=O) groups excluding carboxylic acids is 3. The summed E-state index contributed by atoms with van der Waals surface area (Å²) in [5, 5.41) is 2.52. The van der Waals surface area contributed by atoms with E-state index in [2.05, 4.69) is 5.32 Å². The molecule has 0 aromatic heterocycles. The van der Waals surface area contributed by atoms with Gasteiger partial charge < -0.3 is 10.1 Å². The number of aryl methyl sites for hydroxylation is 1. The summed E-state index contributed by atoms with van der Waals surface area (Å²) >= 11 is 0. The Morgan fingerprint density at radius 3 is 2.48 bits per heavy atom. The Labute approximate surface area is 243 Å². The Balaban J connectivity index is 1.58. The predicted octanol–water partition coefficient (Wildman–Crippen LogP) is 5.50. The van der Waals surface area contributed by atoms with Crippen molar-refractivity contribution in [3.05, 3.63) is 77.4 Å². The zero-order valence-electron chi connectivity index (χ0n) is 22.6. The predicted molar refractivity (Wildman–Crippen MR) is 154 cm³/mol. The van der Waals surface area contributed by atoms with E-state index in [0.717, 1.165) is 33.0 Å². The van der Waals surface area contributed by atoms with Gasteiger partial charge in [-0.2, -0.15) is 8.78 Å². The molecule has 1 aliphatic rings. The number of benzene rings is 3. The Hall–Kier alpha value is -3.76. The zero-order chi connectivity index (χ0) is 30.8. The first-order valence-corrected chi connectivity index (χ1v) is 14.9. The second kappa shape index (κ2) is 12.2. The summed E-state index contributed by atoms with van der Waals surface area (Å²) in [4.78, 5) is 32.8. The number of nitrogens with zero attached hydrogens (tertiary/aromatic N) is 1. The summed E-state index contributed by atoms with van der Waals surface area (Å²) in [6, 6.07) is 13.1. The molecule has 8 nitrogen and oxygen atoms in total. The number of amides is 2. The van der Waals surface area contributed by atoms with Crippen LogP contribution in [0.1, 0.15) is 45.5 Å². The molecule has 0 spiro atoms. The number of halogens is 3. The molecule has 0 aliphatic heterocycles. The number of carbonyl (C=O) groups is 3. The minimum atomic E-state index is -5.13. The summed E-state index contributed by atoms with van der Waals surface area (Å²) in [6.45, 7) is 1.83. The molecule has 3 atom stereocenters. The number of hydrogen-bond acceptors (Lipinski definition) is 6. The Kier molecular flexibility index (Phi) is 9.08. The van der Waals surface area contributed by atoms with Gasteiger partial charge in [0.2, 0.25) is 9.84 Å². The first kappa shape index (κ1) is 31.2. The Morgan fingerprint density at radius 2 is 1.81 bits per heavy atom. The van der Waals surface area contributed by atoms with Crippen LogP contribution in [-0.4, -0.2) is 44.7 Å². The molecule has 1 fully saturated rings. The molecule has 0 radical (unpaired) electrons. The van der Waals surface area contributed by atoms with Gasteiger partial charge in [-0.3, -0.25) is 14.4 Å². The lowest BCUT2D eigenvalue weighted by Crippen LogP contribution is -2.43. The molecule has 3 aromatic carbocycles. The first-order valence-electron chi connectivity index (χ1n) is 12.8. The molecule has 1 N–H and O–H groups in total. The van der Waals surface area contributed by atoms with Crippen molar-refractivity contribution < 1.29 is 40.8 Å². The van der Waals surface area contributed by atoms with Crippen molar-refractivity contribution >= 4 is 42.9 Å². The minimum Gasteiger partial charge on any atom is -0.496 e. The molecular weight excluding hydrogens is 592 g/mol. The van der Waals surface area contributed by atoms with E-state index in [9.17, 15) is 31.6 Å². The SMILES string of the molecule is COc1cc(C)c(-c2cccc(C=O)c2)cc1C(=O)N[C@@H]1CCC[C@@H]1C(=O)N(F)c1cccc(S(=O)(=O)C(F)(F)P)c1. The molecule has 4 rings (SSSR count). The highest BCUT2D eigenvalue weighted by Crippen LogP contribution is 2.37. The average molecular weight is 621 g/mol. The van der Waals surface area contributed by atoms with Crippen molar-refractivity contribution in [2.75, 3.05) is 12.2 Å². The number of hydrogen-bond donors (Lipinski definition) is 1. The van der Waals surface area contributed by atoms with Crippen LogP contribution in [0.4, 0.5) is 18.9 Å². The van der Waals surface area contributed by atoms with Crippen LogP contribution in [-0.2, 0) is 14.6 Å². The molecule has 3 aromatic rings. The topological polar surface area (TPSA) is 110 Å². The van der Waals surface area contributed by atoms with Crippen LogP contribution in [0.2, 0.25) is 0 Å². The van der Waals surface area contributed by atoms with Crippen molar-refractivity contribution in [1.82, 2.24) is 5.32 Å². The lowest BCUT2D eigenvalue weighted by molar-refractivity contribution is -0.125. The summed E-state index contributed by atoms with van der Waals surface area (Å²) < 4.78 is 72.1. The molecule has 42 heavy (non-hydrogen) atoms. The molecule has 1 saturated carbocycles. The lowest BCUT2D eigenvalue weighted by atomic mass is 9.95. The first-order chi connectivity index (χ1) is 19.8. The fourth-order valence-corrected chi connectivity index (χ4v) is 6.25. The van der Waals surface area contributed by atoms with Gasteiger partial charge in [0.1, 0.15) is 12.0 Å². The van der Waals surface area contributed by atoms with Crippen LogP contribution in [0.15, 0.2) is 65.6 Å². The van der Waals surface area contributed by atoms with Crippen molar-refractivity contribution in [3.63, 3.8) is 0 Å². The van der Waals surface area contributed by atoms with Crippen LogP contribution in [0, 0.1) is 12.8 Å². The third-order valence-electron chi connectivity index (χ3n) is 7.18. The van der Waals surface area contributed by atoms with Crippen LogP contribution in [0.25, 0.3) is 11.1 Å². The maximum atomic E-state index is 15.3. The summed E-state index contributed by atoms with van der Waals surface area (Å²) in [7, 11) is -2.80. The average Bonchev–Trinajstić information content (AvgIpc) is 3.43. The quantitative estimate of drug-likeness (QED) is 0.192. The van der Waals surface area contributed by atoms with E-state index in [1.165, 1.54) is 7.11 Å². The number of methoxy groups -OCH3 is 1. The van der Waals surface area contributed by atoms with Crippen molar-refractivity contribution in [3.8, 4) is 16.9 Å². The van der Waals surface area contributed by atoms with Crippen LogP contribution >= 0.6 is 9.24 Å². The molecule has 1 aliphatic carbocycles. The van der Waals surface area contributed by atoms with Gasteiger partial charge in [-0.05, 0) is 82.1 Å². The number of ether oxygens (including phenoxy) is 1. The van der Waals surface area contributed by atoms with Crippen LogP contribution < -0.4 is 15.2 Å². The van der Waals surface area contributed by atoms with Gasteiger partial charge in [-0.1, -0.05) is 35.2 Å². The summed E-state index contributed by atoms with van der Waals surface area (Å²) in [6.07, 6.45) is 1.82. The van der Waals surface area contributed by atoms with E-state index in [4.69, 9.17) is 4.74 Å². The van der Waals surface area contributed by atoms with Crippen molar-refractivity contribution in [2.45, 2.75) is 42.1 Å². The minimum absolute atomic E-state index is 0.168. The van der Waals surface area contributed by atoms with Gasteiger partial charge in [0.25, 0.3) is 11.8 Å². The summed E-state index contributed by atoms with van der Waals surface area (Å²) in [5.74, 6) is -2.34. The highest BCUT2D eigenvalue weighted by Gasteiger charge is 2.42. The van der Waals surface area contributed by atoms with Gasteiger partial charge >= 0.3 is 5.00 Å². The van der Waals surface area contributed by atoms with Crippen molar-refractivity contribution in [2.24, 2.45) is 5.92 Å². The van der Waals surface area contributed by atoms with Gasteiger partial charge in [0, 0.05) is 11.6 Å². The standard InChI is InChI=1S/C29H28F3N2O6PS/c1-17-12-26(40-2)24(15-23(17)19-7-3-6-18(13-19)16-35)27(36)33-25-11-5-10-22(25)28(37)34(32)20-8-4-9-21(14-20)42(38,39)29(30,31)41/h3-4,6-9,12-16,22,25H,5,10-11,41H2,1-2H3,(H,33,36)/t22-,25+/m0/s1. The molecule has 2 amide bonds. The molecule has 222 valence electrons. The number of sulfone groups is 1. The highest BCUT2D eigenvalue weighted by atomic mass is 32.2. The smallest absolute Gasteiger partial charge is 0.359 e. The number of rotatable bonds is 9. The molecule has 13 heteroatoms.